The number of ether oxygens (including phenoxy) is 1. The molecule has 0 bridgehead atoms. The van der Waals surface area contributed by atoms with E-state index in [1.807, 2.05) is 57.3 Å². The van der Waals surface area contributed by atoms with E-state index in [-0.39, 0.29) is 11.7 Å². The first kappa shape index (κ1) is 24.2. The lowest BCUT2D eigenvalue weighted by Crippen LogP contribution is -2.31. The SMILES string of the molecule is CCCOc1ccc(-c2nn(-c3ccccc3)cc2C=C2SC(=S)N(CC(C)C)C2=O)cc1F. The summed E-state index contributed by atoms with van der Waals surface area (Å²) in [6.07, 6.45) is 4.43. The Hall–Kier alpha value is -2.97. The molecule has 3 aromatic rings. The molecule has 4 rings (SSSR count). The highest BCUT2D eigenvalue weighted by Crippen LogP contribution is 2.36. The minimum atomic E-state index is -0.450. The minimum absolute atomic E-state index is 0.114. The van der Waals surface area contributed by atoms with Gasteiger partial charge >= 0.3 is 0 Å². The number of carbonyl (C=O) groups excluding carboxylic acids is 1. The predicted octanol–water partition coefficient (Wildman–Crippen LogP) is 6.32. The van der Waals surface area contributed by atoms with Crippen molar-refractivity contribution in [2.75, 3.05) is 13.2 Å². The number of para-hydroxylation sites is 1. The van der Waals surface area contributed by atoms with E-state index < -0.39 is 5.82 Å². The number of hydrogen-bond acceptors (Lipinski definition) is 5. The molecule has 176 valence electrons. The maximum absolute atomic E-state index is 14.8. The average Bonchev–Trinajstić information content (AvgIpc) is 3.35. The van der Waals surface area contributed by atoms with Crippen molar-refractivity contribution < 1.29 is 13.9 Å². The zero-order chi connectivity index (χ0) is 24.2. The van der Waals surface area contributed by atoms with Crippen molar-refractivity contribution in [2.24, 2.45) is 5.92 Å². The molecule has 1 amide bonds. The summed E-state index contributed by atoms with van der Waals surface area (Å²) in [5.74, 6) is -0.0510. The number of amides is 1. The fourth-order valence-electron chi connectivity index (χ4n) is 3.57. The molecule has 1 aliphatic heterocycles. The Bertz CT molecular complexity index is 1240. The second kappa shape index (κ2) is 10.5. The van der Waals surface area contributed by atoms with E-state index in [0.29, 0.717) is 45.1 Å². The van der Waals surface area contributed by atoms with Crippen LogP contribution in [0.4, 0.5) is 4.39 Å². The summed E-state index contributed by atoms with van der Waals surface area (Å²) in [7, 11) is 0. The van der Waals surface area contributed by atoms with Crippen LogP contribution in [0.5, 0.6) is 5.75 Å². The molecule has 8 heteroatoms. The van der Waals surface area contributed by atoms with Crippen LogP contribution in [0.1, 0.15) is 32.8 Å². The molecular formula is C26H26FN3O2S2. The highest BCUT2D eigenvalue weighted by Gasteiger charge is 2.32. The van der Waals surface area contributed by atoms with E-state index in [1.54, 1.807) is 27.8 Å². The summed E-state index contributed by atoms with van der Waals surface area (Å²) in [4.78, 5) is 15.2. The first-order valence-corrected chi connectivity index (χ1v) is 12.4. The molecule has 1 fully saturated rings. The Morgan fingerprint density at radius 1 is 1.21 bits per heavy atom. The van der Waals surface area contributed by atoms with Crippen LogP contribution in [0.25, 0.3) is 23.0 Å². The lowest BCUT2D eigenvalue weighted by Gasteiger charge is -2.16. The molecule has 0 saturated carbocycles. The third-order valence-electron chi connectivity index (χ3n) is 5.14. The maximum Gasteiger partial charge on any atom is 0.266 e. The van der Waals surface area contributed by atoms with Gasteiger partial charge in [0.25, 0.3) is 5.91 Å². The third kappa shape index (κ3) is 5.23. The summed E-state index contributed by atoms with van der Waals surface area (Å²) in [5.41, 5.74) is 2.73. The molecule has 0 unspecified atom stereocenters. The number of thiocarbonyl (C=S) groups is 1. The van der Waals surface area contributed by atoms with Gasteiger partial charge in [0.05, 0.1) is 17.2 Å². The predicted molar refractivity (Wildman–Crippen MR) is 139 cm³/mol. The molecule has 1 saturated heterocycles. The lowest BCUT2D eigenvalue weighted by atomic mass is 10.1. The molecule has 1 aromatic heterocycles. The van der Waals surface area contributed by atoms with Crippen LogP contribution in [0, 0.1) is 11.7 Å². The zero-order valence-corrected chi connectivity index (χ0v) is 21.0. The first-order chi connectivity index (χ1) is 16.4. The largest absolute Gasteiger partial charge is 0.491 e. The van der Waals surface area contributed by atoms with Crippen molar-refractivity contribution in [1.29, 1.82) is 0 Å². The number of halogens is 1. The molecule has 5 nitrogen and oxygen atoms in total. The number of hydrogen-bond donors (Lipinski definition) is 0. The first-order valence-electron chi connectivity index (χ1n) is 11.2. The quantitative estimate of drug-likeness (QED) is 0.270. The molecule has 0 spiro atoms. The van der Waals surface area contributed by atoms with Crippen LogP contribution < -0.4 is 4.74 Å². The highest BCUT2D eigenvalue weighted by molar-refractivity contribution is 8.26. The number of aromatic nitrogens is 2. The standard InChI is InChI=1S/C26H26FN3O2S2/c1-4-12-32-22-11-10-18(13-21(22)27)24-19(16-30(28-24)20-8-6-5-7-9-20)14-23-25(31)29(15-17(2)3)26(33)34-23/h5-11,13-14,16-17H,4,12,15H2,1-3H3. The van der Waals surface area contributed by atoms with E-state index in [0.717, 1.165) is 12.1 Å². The van der Waals surface area contributed by atoms with Gasteiger partial charge in [-0.2, -0.15) is 5.10 Å². The molecule has 0 radical (unpaired) electrons. The van der Waals surface area contributed by atoms with Crippen molar-refractivity contribution in [3.8, 4) is 22.7 Å². The summed E-state index contributed by atoms with van der Waals surface area (Å²) < 4.78 is 22.5. The van der Waals surface area contributed by atoms with Gasteiger partial charge in [0.2, 0.25) is 0 Å². The number of rotatable bonds is 8. The van der Waals surface area contributed by atoms with E-state index in [4.69, 9.17) is 22.1 Å². The fourth-order valence-corrected chi connectivity index (χ4v) is 4.84. The Labute approximate surface area is 208 Å². The number of thioether (sulfide) groups is 1. The highest BCUT2D eigenvalue weighted by atomic mass is 32.2. The van der Waals surface area contributed by atoms with Gasteiger partial charge in [-0.25, -0.2) is 9.07 Å². The van der Waals surface area contributed by atoms with E-state index in [2.05, 4.69) is 0 Å². The van der Waals surface area contributed by atoms with Gasteiger partial charge in [-0.05, 0) is 48.7 Å². The van der Waals surface area contributed by atoms with Crippen molar-refractivity contribution in [2.45, 2.75) is 27.2 Å². The molecule has 0 N–H and O–H groups in total. The van der Waals surface area contributed by atoms with Gasteiger partial charge in [-0.1, -0.05) is 63.0 Å². The molecule has 34 heavy (non-hydrogen) atoms. The van der Waals surface area contributed by atoms with Crippen LogP contribution in [0.3, 0.4) is 0 Å². The van der Waals surface area contributed by atoms with Gasteiger partial charge in [0, 0.05) is 23.9 Å². The van der Waals surface area contributed by atoms with Crippen LogP contribution >= 0.6 is 24.0 Å². The van der Waals surface area contributed by atoms with Gasteiger partial charge in [0.15, 0.2) is 11.6 Å². The summed E-state index contributed by atoms with van der Waals surface area (Å²) in [5, 5.41) is 4.73. The van der Waals surface area contributed by atoms with E-state index in [1.165, 1.54) is 17.8 Å². The van der Waals surface area contributed by atoms with Crippen molar-refractivity contribution in [3.05, 3.63) is 71.0 Å². The summed E-state index contributed by atoms with van der Waals surface area (Å²) in [6, 6.07) is 14.5. The monoisotopic (exact) mass is 495 g/mol. The second-order valence-corrected chi connectivity index (χ2v) is 10.1. The van der Waals surface area contributed by atoms with Crippen LogP contribution in [0.2, 0.25) is 0 Å². The zero-order valence-electron chi connectivity index (χ0n) is 19.3. The van der Waals surface area contributed by atoms with Gasteiger partial charge in [0.1, 0.15) is 10.0 Å². The molecule has 0 aliphatic carbocycles. The molecular weight excluding hydrogens is 469 g/mol. The molecule has 2 aromatic carbocycles. The number of nitrogens with zero attached hydrogens (tertiary/aromatic N) is 3. The Morgan fingerprint density at radius 3 is 2.65 bits per heavy atom. The smallest absolute Gasteiger partial charge is 0.266 e. The van der Waals surface area contributed by atoms with E-state index in [9.17, 15) is 9.18 Å². The number of carbonyl (C=O) groups is 1. The number of benzene rings is 2. The Balaban J connectivity index is 1.76. The molecule has 1 aliphatic rings. The fraction of sp³-hybridized carbons (Fsp3) is 0.269. The normalized spacial score (nSPS) is 15.1. The Morgan fingerprint density at radius 2 is 1.97 bits per heavy atom. The van der Waals surface area contributed by atoms with Gasteiger partial charge < -0.3 is 4.74 Å². The van der Waals surface area contributed by atoms with Crippen LogP contribution in [-0.4, -0.2) is 38.1 Å². The van der Waals surface area contributed by atoms with E-state index >= 15 is 0 Å². The van der Waals surface area contributed by atoms with Crippen LogP contribution in [0.15, 0.2) is 59.6 Å². The second-order valence-electron chi connectivity index (χ2n) is 8.39. The Kier molecular flexibility index (Phi) is 7.48. The molecule has 2 heterocycles. The van der Waals surface area contributed by atoms with Crippen LogP contribution in [-0.2, 0) is 4.79 Å². The maximum atomic E-state index is 14.8. The lowest BCUT2D eigenvalue weighted by molar-refractivity contribution is -0.122. The van der Waals surface area contributed by atoms with Crippen molar-refractivity contribution in [3.63, 3.8) is 0 Å². The third-order valence-corrected chi connectivity index (χ3v) is 6.52. The van der Waals surface area contributed by atoms with Gasteiger partial charge in [-0.15, -0.1) is 0 Å². The van der Waals surface area contributed by atoms with Crippen molar-refractivity contribution in [1.82, 2.24) is 14.7 Å². The summed E-state index contributed by atoms with van der Waals surface area (Å²) >= 11 is 6.73. The van der Waals surface area contributed by atoms with Crippen molar-refractivity contribution >= 4 is 40.3 Å². The average molecular weight is 496 g/mol. The topological polar surface area (TPSA) is 47.4 Å². The molecule has 0 atom stereocenters. The summed E-state index contributed by atoms with van der Waals surface area (Å²) in [6.45, 7) is 7.09. The van der Waals surface area contributed by atoms with Gasteiger partial charge in [-0.3, -0.25) is 9.69 Å². The minimum Gasteiger partial charge on any atom is -0.491 e.